The number of methoxy groups -OCH3 is 1. The molecular formula is C26H30Cl2N2O6. The standard InChI is InChI=1S/C26H30Cl2N2O6/c1-26(2,30-6-8-34-9-7-30)25(16-4-5-20(27)21(28)11-16)29-35-15-18-12-24(32)36-23-13-22(33-3)17(14-31)10-19(18)23/h4-5,10-11,13,18,31H,6-9,12,14-15H2,1-3H3. The number of aliphatic hydroxyl groups excluding tert-OH is 1. The van der Waals surface area contributed by atoms with Crippen LogP contribution < -0.4 is 9.47 Å². The molecule has 2 aromatic rings. The molecule has 1 fully saturated rings. The van der Waals surface area contributed by atoms with Crippen molar-refractivity contribution < 1.29 is 28.9 Å². The summed E-state index contributed by atoms with van der Waals surface area (Å²) in [5.74, 6) is 0.189. The Morgan fingerprint density at radius 3 is 2.61 bits per heavy atom. The second-order valence-electron chi connectivity index (χ2n) is 9.26. The molecule has 0 bridgehead atoms. The summed E-state index contributed by atoms with van der Waals surface area (Å²) >= 11 is 12.5. The molecule has 0 radical (unpaired) electrons. The number of halogens is 2. The number of esters is 1. The molecule has 2 aromatic carbocycles. The second-order valence-corrected chi connectivity index (χ2v) is 10.1. The van der Waals surface area contributed by atoms with E-state index < -0.39 is 5.54 Å². The Kier molecular flexibility index (Phi) is 8.42. The van der Waals surface area contributed by atoms with Gasteiger partial charge in [0.25, 0.3) is 0 Å². The zero-order chi connectivity index (χ0) is 25.9. The molecule has 8 nitrogen and oxygen atoms in total. The summed E-state index contributed by atoms with van der Waals surface area (Å²) in [5.41, 5.74) is 2.34. The quantitative estimate of drug-likeness (QED) is 0.231. The zero-order valence-electron chi connectivity index (χ0n) is 20.6. The van der Waals surface area contributed by atoms with Crippen molar-refractivity contribution in [2.45, 2.75) is 38.3 Å². The van der Waals surface area contributed by atoms with Crippen LogP contribution in [-0.2, 0) is 21.0 Å². The minimum absolute atomic E-state index is 0.134. The number of fused-ring (bicyclic) bond motifs is 1. The van der Waals surface area contributed by atoms with Crippen molar-refractivity contribution in [1.29, 1.82) is 0 Å². The molecule has 1 atom stereocenters. The van der Waals surface area contributed by atoms with Crippen LogP contribution in [0.4, 0.5) is 0 Å². The third-order valence-corrected chi connectivity index (χ3v) is 7.40. The lowest BCUT2D eigenvalue weighted by molar-refractivity contribution is -0.136. The molecule has 0 spiro atoms. The number of rotatable bonds is 8. The minimum atomic E-state index is -0.498. The van der Waals surface area contributed by atoms with Gasteiger partial charge in [-0.05, 0) is 32.0 Å². The fourth-order valence-corrected chi connectivity index (χ4v) is 4.89. The number of morpholine rings is 1. The SMILES string of the molecule is COc1cc2c(cc1CO)C(CON=C(c1ccc(Cl)c(Cl)c1)C(C)(C)N1CCOCC1)CC(=O)O2. The number of aliphatic hydroxyl groups is 1. The molecule has 2 aliphatic heterocycles. The first kappa shape index (κ1) is 26.7. The molecule has 1 saturated heterocycles. The van der Waals surface area contributed by atoms with Crippen molar-refractivity contribution in [3.8, 4) is 11.5 Å². The second kappa shape index (κ2) is 11.4. The lowest BCUT2D eigenvalue weighted by atomic mass is 9.90. The molecule has 0 aliphatic carbocycles. The molecule has 0 amide bonds. The molecule has 0 aromatic heterocycles. The summed E-state index contributed by atoms with van der Waals surface area (Å²) in [4.78, 5) is 20.5. The summed E-state index contributed by atoms with van der Waals surface area (Å²) in [6.07, 6.45) is 0.134. The van der Waals surface area contributed by atoms with Crippen molar-refractivity contribution in [3.05, 3.63) is 57.1 Å². The van der Waals surface area contributed by atoms with Crippen LogP contribution in [0, 0.1) is 0 Å². The van der Waals surface area contributed by atoms with Crippen molar-refractivity contribution >= 4 is 34.9 Å². The summed E-state index contributed by atoms with van der Waals surface area (Å²) < 4.78 is 16.3. The molecule has 1 N–H and O–H groups in total. The van der Waals surface area contributed by atoms with Crippen molar-refractivity contribution in [1.82, 2.24) is 4.90 Å². The average molecular weight is 537 g/mol. The molecule has 0 saturated carbocycles. The Bertz CT molecular complexity index is 1150. The monoisotopic (exact) mass is 536 g/mol. The van der Waals surface area contributed by atoms with Gasteiger partial charge in [0.15, 0.2) is 0 Å². The lowest BCUT2D eigenvalue weighted by Crippen LogP contribution is -2.54. The van der Waals surface area contributed by atoms with Crippen LogP contribution in [0.25, 0.3) is 0 Å². The van der Waals surface area contributed by atoms with Crippen molar-refractivity contribution in [2.24, 2.45) is 5.16 Å². The fraction of sp³-hybridized carbons (Fsp3) is 0.462. The summed E-state index contributed by atoms with van der Waals surface area (Å²) in [7, 11) is 1.50. The van der Waals surface area contributed by atoms with Gasteiger partial charge in [-0.3, -0.25) is 9.69 Å². The van der Waals surface area contributed by atoms with Crippen LogP contribution in [0.3, 0.4) is 0 Å². The predicted octanol–water partition coefficient (Wildman–Crippen LogP) is 4.42. The highest BCUT2D eigenvalue weighted by Crippen LogP contribution is 2.39. The van der Waals surface area contributed by atoms with Crippen LogP contribution in [0.1, 0.15) is 42.9 Å². The van der Waals surface area contributed by atoms with E-state index in [1.165, 1.54) is 7.11 Å². The van der Waals surface area contributed by atoms with Gasteiger partial charge < -0.3 is 24.2 Å². The minimum Gasteiger partial charge on any atom is -0.496 e. The molecule has 194 valence electrons. The van der Waals surface area contributed by atoms with Gasteiger partial charge in [-0.25, -0.2) is 0 Å². The van der Waals surface area contributed by atoms with Gasteiger partial charge >= 0.3 is 5.97 Å². The van der Waals surface area contributed by atoms with Gasteiger partial charge in [0.2, 0.25) is 0 Å². The highest BCUT2D eigenvalue weighted by Gasteiger charge is 2.36. The highest BCUT2D eigenvalue weighted by molar-refractivity contribution is 6.42. The van der Waals surface area contributed by atoms with Gasteiger partial charge in [-0.2, -0.15) is 0 Å². The molecule has 2 aliphatic rings. The molecule has 1 unspecified atom stereocenters. The maximum atomic E-state index is 12.3. The number of hydrogen-bond acceptors (Lipinski definition) is 8. The molecule has 10 heteroatoms. The van der Waals surface area contributed by atoms with Crippen LogP contribution >= 0.6 is 23.2 Å². The average Bonchev–Trinajstić information content (AvgIpc) is 2.87. The van der Waals surface area contributed by atoms with Crippen molar-refractivity contribution in [3.63, 3.8) is 0 Å². The van der Waals surface area contributed by atoms with Gasteiger partial charge in [-0.1, -0.05) is 34.4 Å². The van der Waals surface area contributed by atoms with E-state index in [4.69, 9.17) is 42.3 Å². The Morgan fingerprint density at radius 1 is 1.19 bits per heavy atom. The molecular weight excluding hydrogens is 507 g/mol. The highest BCUT2D eigenvalue weighted by atomic mass is 35.5. The van der Waals surface area contributed by atoms with E-state index in [2.05, 4.69) is 23.9 Å². The molecule has 2 heterocycles. The molecule has 36 heavy (non-hydrogen) atoms. The van der Waals surface area contributed by atoms with E-state index in [-0.39, 0.29) is 31.5 Å². The number of hydrogen-bond donors (Lipinski definition) is 1. The third-order valence-electron chi connectivity index (χ3n) is 6.67. The Labute approximate surface area is 220 Å². The predicted molar refractivity (Wildman–Crippen MR) is 137 cm³/mol. The van der Waals surface area contributed by atoms with Crippen LogP contribution in [0.2, 0.25) is 10.0 Å². The summed E-state index contributed by atoms with van der Waals surface area (Å²) in [5, 5.41) is 15.2. The number of nitrogens with zero attached hydrogens (tertiary/aromatic N) is 2. The topological polar surface area (TPSA) is 89.8 Å². The first-order valence-corrected chi connectivity index (χ1v) is 12.5. The summed E-state index contributed by atoms with van der Waals surface area (Å²) in [6, 6.07) is 8.79. The number of oxime groups is 1. The lowest BCUT2D eigenvalue weighted by Gasteiger charge is -2.41. The Morgan fingerprint density at radius 2 is 1.94 bits per heavy atom. The van der Waals surface area contributed by atoms with E-state index in [1.54, 1.807) is 24.3 Å². The first-order valence-electron chi connectivity index (χ1n) is 11.8. The Balaban J connectivity index is 1.64. The fourth-order valence-electron chi connectivity index (χ4n) is 4.60. The van der Waals surface area contributed by atoms with E-state index in [0.717, 1.165) is 24.2 Å². The van der Waals surface area contributed by atoms with Gasteiger partial charge in [0, 0.05) is 41.8 Å². The van der Waals surface area contributed by atoms with E-state index in [9.17, 15) is 9.90 Å². The van der Waals surface area contributed by atoms with Crippen LogP contribution in [0.5, 0.6) is 11.5 Å². The maximum absolute atomic E-state index is 12.3. The van der Waals surface area contributed by atoms with Gasteiger partial charge in [-0.15, -0.1) is 0 Å². The number of benzene rings is 2. The normalized spacial score (nSPS) is 19.0. The summed E-state index contributed by atoms with van der Waals surface area (Å²) in [6.45, 7) is 6.87. The van der Waals surface area contributed by atoms with E-state index in [1.807, 2.05) is 6.07 Å². The smallest absolute Gasteiger partial charge is 0.311 e. The number of carbonyl (C=O) groups is 1. The number of carbonyl (C=O) groups excluding carboxylic acids is 1. The maximum Gasteiger partial charge on any atom is 0.311 e. The third kappa shape index (κ3) is 5.63. The first-order chi connectivity index (χ1) is 17.2. The van der Waals surface area contributed by atoms with Crippen molar-refractivity contribution in [2.75, 3.05) is 40.0 Å². The molecule has 4 rings (SSSR count). The van der Waals surface area contributed by atoms with Crippen LogP contribution in [-0.4, -0.2) is 67.2 Å². The van der Waals surface area contributed by atoms with E-state index in [0.29, 0.717) is 46.0 Å². The van der Waals surface area contributed by atoms with Crippen LogP contribution in [0.15, 0.2) is 35.5 Å². The Hall–Kier alpha value is -2.36. The largest absolute Gasteiger partial charge is 0.496 e. The zero-order valence-corrected chi connectivity index (χ0v) is 22.1. The number of ether oxygens (including phenoxy) is 3. The van der Waals surface area contributed by atoms with E-state index >= 15 is 0 Å². The van der Waals surface area contributed by atoms with Gasteiger partial charge in [0.1, 0.15) is 23.8 Å². The van der Waals surface area contributed by atoms with Gasteiger partial charge in [0.05, 0.1) is 48.9 Å².